The van der Waals surface area contributed by atoms with Crippen LogP contribution in [0.5, 0.6) is 0 Å². The maximum atomic E-state index is 6.87. The summed E-state index contributed by atoms with van der Waals surface area (Å²) in [6.45, 7) is 0. The lowest BCUT2D eigenvalue weighted by Crippen LogP contribution is -2.19. The summed E-state index contributed by atoms with van der Waals surface area (Å²) < 4.78 is 0. The molecule has 5 heteroatoms. The highest BCUT2D eigenvalue weighted by Crippen LogP contribution is 2.59. The van der Waals surface area contributed by atoms with Crippen molar-refractivity contribution in [2.75, 3.05) is 5.88 Å². The monoisotopic (exact) mass is 620 g/mol. The maximum absolute atomic E-state index is 6.87. The molecule has 0 spiro atoms. The van der Waals surface area contributed by atoms with Gasteiger partial charge in [-0.25, -0.2) is 0 Å². The Morgan fingerprint density at radius 2 is 0.850 bits per heavy atom. The second-order valence-electron chi connectivity index (χ2n) is 10.1. The Labute approximate surface area is 256 Å². The molecule has 0 radical (unpaired) electrons. The maximum Gasteiger partial charge on any atom is 0.0341 e. The summed E-state index contributed by atoms with van der Waals surface area (Å²) in [5, 5.41) is 6.28. The number of unbranched alkanes of at least 4 members (excludes halogenated alkanes) is 6. The van der Waals surface area contributed by atoms with Crippen molar-refractivity contribution >= 4 is 68.5 Å². The fraction of sp³-hybridized carbons (Fsp3) is 0.257. The quantitative estimate of drug-likeness (QED) is 0.0737. The highest BCUT2D eigenvalue weighted by Gasteiger charge is 2.30. The van der Waals surface area contributed by atoms with Gasteiger partial charge in [0, 0.05) is 18.0 Å². The zero-order chi connectivity index (χ0) is 28.1. The molecule has 4 rings (SSSR count). The van der Waals surface area contributed by atoms with Gasteiger partial charge in [0.15, 0.2) is 0 Å². The summed E-state index contributed by atoms with van der Waals surface area (Å²) in [5.41, 5.74) is 0. The zero-order valence-electron chi connectivity index (χ0n) is 23.1. The molecular weight excluding hydrogens is 582 g/mol. The van der Waals surface area contributed by atoms with Gasteiger partial charge in [-0.15, -0.1) is 11.6 Å². The predicted octanol–water partition coefficient (Wildman–Crippen LogP) is 9.45. The van der Waals surface area contributed by atoms with Gasteiger partial charge in [-0.2, -0.15) is 0 Å². The van der Waals surface area contributed by atoms with Crippen molar-refractivity contribution in [2.45, 2.75) is 51.4 Å². The van der Waals surface area contributed by atoms with Crippen molar-refractivity contribution in [3.05, 3.63) is 132 Å². The van der Waals surface area contributed by atoms with Crippen LogP contribution in [0, 0.1) is 0 Å². The molecule has 0 aliphatic rings. The van der Waals surface area contributed by atoms with Gasteiger partial charge in [-0.3, -0.25) is 0 Å². The lowest BCUT2D eigenvalue weighted by atomic mass is 10.1. The van der Waals surface area contributed by atoms with E-state index in [0.717, 1.165) is 25.1 Å². The van der Waals surface area contributed by atoms with E-state index in [2.05, 4.69) is 127 Å². The SMILES string of the molecule is S=P(/C=C(\CCCCCCCCCCl)P(=S)(c1ccccc1)c1ccccc1)(c1ccccc1)c1ccccc1. The Hall–Kier alpha value is -1.79. The van der Waals surface area contributed by atoms with Crippen LogP contribution in [0.25, 0.3) is 0 Å². The number of hydrogen-bond donors (Lipinski definition) is 0. The highest BCUT2D eigenvalue weighted by molar-refractivity contribution is 8.25. The van der Waals surface area contributed by atoms with E-state index in [9.17, 15) is 0 Å². The number of halogens is 1. The van der Waals surface area contributed by atoms with Crippen LogP contribution in [0.2, 0.25) is 0 Å². The standard InChI is InChI=1S/C35H39ClP2S2/c36-29-19-5-3-1-2-4-10-28-35(38(40,33-24-15-8-16-25-33)34-26-17-9-18-27-34)30-37(39,31-20-11-6-12-21-31)32-22-13-7-14-23-32/h6-9,11-18,20-27,30H,1-5,10,19,28-29H2/b35-30+. The van der Waals surface area contributed by atoms with Gasteiger partial charge in [0.05, 0.1) is 0 Å². The molecule has 0 saturated carbocycles. The Balaban J connectivity index is 1.81. The van der Waals surface area contributed by atoms with Crippen LogP contribution < -0.4 is 21.2 Å². The minimum absolute atomic E-state index is 0.770. The van der Waals surface area contributed by atoms with Crippen LogP contribution in [0.1, 0.15) is 51.4 Å². The van der Waals surface area contributed by atoms with Crippen LogP contribution in [0.3, 0.4) is 0 Å². The lowest BCUT2D eigenvalue weighted by Gasteiger charge is -2.30. The number of benzene rings is 4. The Morgan fingerprint density at radius 1 is 0.500 bits per heavy atom. The number of allylic oxidation sites excluding steroid dienone is 1. The number of hydrogen-bond acceptors (Lipinski definition) is 2. The third-order valence-electron chi connectivity index (χ3n) is 7.32. The molecule has 0 nitrogen and oxygen atoms in total. The van der Waals surface area contributed by atoms with Crippen molar-refractivity contribution in [2.24, 2.45) is 0 Å². The Kier molecular flexibility index (Phi) is 12.5. The molecule has 0 aliphatic heterocycles. The second kappa shape index (κ2) is 16.0. The summed E-state index contributed by atoms with van der Waals surface area (Å²) in [6, 6.07) is 38.4. The van der Waals surface area contributed by atoms with Gasteiger partial charge in [0.25, 0.3) is 0 Å². The van der Waals surface area contributed by atoms with E-state index in [1.54, 1.807) is 0 Å². The van der Waals surface area contributed by atoms with Crippen LogP contribution in [0.15, 0.2) is 132 Å². The van der Waals surface area contributed by atoms with Gasteiger partial charge in [0.1, 0.15) is 0 Å². The topological polar surface area (TPSA) is 0 Å². The zero-order valence-corrected chi connectivity index (χ0v) is 27.3. The van der Waals surface area contributed by atoms with Crippen LogP contribution >= 0.6 is 23.7 Å². The van der Waals surface area contributed by atoms with Gasteiger partial charge >= 0.3 is 0 Å². The van der Waals surface area contributed by atoms with Gasteiger partial charge in [-0.05, 0) is 51.6 Å². The van der Waals surface area contributed by atoms with Crippen LogP contribution in [0.4, 0.5) is 0 Å². The molecule has 0 aromatic heterocycles. The van der Waals surface area contributed by atoms with E-state index in [1.807, 2.05) is 0 Å². The fourth-order valence-corrected chi connectivity index (χ4v) is 14.3. The molecule has 4 aromatic carbocycles. The summed E-state index contributed by atoms with van der Waals surface area (Å²) >= 11 is 19.5. The largest absolute Gasteiger partial charge is 0.127 e. The summed E-state index contributed by atoms with van der Waals surface area (Å²) in [5.74, 6) is 3.25. The third-order valence-corrected chi connectivity index (χ3v) is 17.4. The summed E-state index contributed by atoms with van der Waals surface area (Å²) in [4.78, 5) is 0. The van der Waals surface area contributed by atoms with E-state index in [0.29, 0.717) is 0 Å². The van der Waals surface area contributed by atoms with Crippen molar-refractivity contribution in [3.63, 3.8) is 0 Å². The molecule has 0 heterocycles. The average molecular weight is 621 g/mol. The highest BCUT2D eigenvalue weighted by atomic mass is 35.5. The third kappa shape index (κ3) is 7.94. The smallest absolute Gasteiger partial charge is 0.0341 e. The molecule has 0 unspecified atom stereocenters. The van der Waals surface area contributed by atoms with E-state index in [-0.39, 0.29) is 0 Å². The minimum Gasteiger partial charge on any atom is -0.127 e. The van der Waals surface area contributed by atoms with E-state index < -0.39 is 12.1 Å². The molecule has 0 aliphatic carbocycles. The lowest BCUT2D eigenvalue weighted by molar-refractivity contribution is 0.592. The van der Waals surface area contributed by atoms with Gasteiger partial charge in [0.2, 0.25) is 0 Å². The summed E-state index contributed by atoms with van der Waals surface area (Å²) in [6.07, 6.45) is 9.44. The van der Waals surface area contributed by atoms with Crippen molar-refractivity contribution in [1.82, 2.24) is 0 Å². The molecule has 208 valence electrons. The van der Waals surface area contributed by atoms with E-state index >= 15 is 0 Å². The molecule has 0 bridgehead atoms. The minimum atomic E-state index is -2.30. The molecule has 0 amide bonds. The van der Waals surface area contributed by atoms with Crippen molar-refractivity contribution in [1.29, 1.82) is 0 Å². The first-order valence-electron chi connectivity index (χ1n) is 14.3. The first-order valence-corrected chi connectivity index (χ1v) is 20.5. The number of alkyl halides is 1. The van der Waals surface area contributed by atoms with Crippen molar-refractivity contribution < 1.29 is 0 Å². The molecule has 0 saturated heterocycles. The Bertz CT molecular complexity index is 1330. The average Bonchev–Trinajstić information content (AvgIpc) is 3.03. The van der Waals surface area contributed by atoms with Gasteiger partial charge in [-0.1, -0.05) is 177 Å². The molecule has 0 N–H and O–H groups in total. The van der Waals surface area contributed by atoms with E-state index in [1.165, 1.54) is 58.6 Å². The first kappa shape index (κ1) is 31.2. The molecular formula is C35H39ClP2S2. The van der Waals surface area contributed by atoms with Crippen molar-refractivity contribution in [3.8, 4) is 0 Å². The molecule has 40 heavy (non-hydrogen) atoms. The number of rotatable bonds is 15. The second-order valence-corrected chi connectivity index (χ2v) is 19.3. The van der Waals surface area contributed by atoms with Crippen LogP contribution in [-0.4, -0.2) is 5.88 Å². The summed E-state index contributed by atoms with van der Waals surface area (Å²) in [7, 11) is 0. The predicted molar refractivity (Wildman–Crippen MR) is 189 cm³/mol. The van der Waals surface area contributed by atoms with E-state index in [4.69, 9.17) is 35.2 Å². The Morgan fingerprint density at radius 3 is 1.25 bits per heavy atom. The first-order chi connectivity index (χ1) is 19.6. The molecule has 4 aromatic rings. The molecule has 0 atom stereocenters. The van der Waals surface area contributed by atoms with Crippen LogP contribution in [-0.2, 0) is 23.6 Å². The molecule has 0 fully saturated rings. The fourth-order valence-electron chi connectivity index (χ4n) is 5.15. The van der Waals surface area contributed by atoms with Gasteiger partial charge < -0.3 is 0 Å². The normalized spacial score (nSPS) is 12.4.